The van der Waals surface area contributed by atoms with E-state index in [9.17, 15) is 14.7 Å². The van der Waals surface area contributed by atoms with Gasteiger partial charge in [-0.3, -0.25) is 4.79 Å². The molecule has 0 N–H and O–H groups in total. The van der Waals surface area contributed by atoms with Gasteiger partial charge in [0.2, 0.25) is 0 Å². The molecule has 24 heavy (non-hydrogen) atoms. The van der Waals surface area contributed by atoms with Crippen LogP contribution in [0.25, 0.3) is 21.8 Å². The number of carbonyl (C=O) groups excluding carboxylic acids is 1. The van der Waals surface area contributed by atoms with Crippen molar-refractivity contribution in [2.24, 2.45) is 7.05 Å². The summed E-state index contributed by atoms with van der Waals surface area (Å²) >= 11 is 0. The van der Waals surface area contributed by atoms with Crippen LogP contribution >= 0.6 is 0 Å². The SMILES string of the molecule is Cn1c2ccccc2c2c(C(=O)[O-])cn(C3CCCCC3)c(=O)c21. The number of aromatic carboxylic acids is 1. The van der Waals surface area contributed by atoms with Crippen molar-refractivity contribution >= 4 is 27.8 Å². The topological polar surface area (TPSA) is 67.1 Å². The fraction of sp³-hybridized carbons (Fsp3) is 0.368. The first-order chi connectivity index (χ1) is 11.6. The molecule has 3 aromatic rings. The maximum Gasteiger partial charge on any atom is 0.275 e. The summed E-state index contributed by atoms with van der Waals surface area (Å²) in [6, 6.07) is 7.58. The Kier molecular flexibility index (Phi) is 3.44. The maximum atomic E-state index is 13.1. The van der Waals surface area contributed by atoms with Gasteiger partial charge in [0.15, 0.2) is 0 Å². The van der Waals surface area contributed by atoms with Crippen molar-refractivity contribution in [1.82, 2.24) is 9.13 Å². The number of hydrogen-bond donors (Lipinski definition) is 0. The van der Waals surface area contributed by atoms with E-state index >= 15 is 0 Å². The van der Waals surface area contributed by atoms with Crippen LogP contribution in [0.3, 0.4) is 0 Å². The van der Waals surface area contributed by atoms with Crippen LogP contribution < -0.4 is 10.7 Å². The van der Waals surface area contributed by atoms with Crippen molar-refractivity contribution in [3.05, 3.63) is 46.4 Å². The number of aryl methyl sites for hydroxylation is 1. The van der Waals surface area contributed by atoms with Crippen LogP contribution in [0.5, 0.6) is 0 Å². The Morgan fingerprint density at radius 2 is 1.88 bits per heavy atom. The average Bonchev–Trinajstić information content (AvgIpc) is 2.90. The van der Waals surface area contributed by atoms with E-state index < -0.39 is 5.97 Å². The Morgan fingerprint density at radius 3 is 2.58 bits per heavy atom. The molecule has 5 heteroatoms. The number of hydrogen-bond acceptors (Lipinski definition) is 3. The average molecular weight is 323 g/mol. The van der Waals surface area contributed by atoms with Crippen molar-refractivity contribution in [1.29, 1.82) is 0 Å². The standard InChI is InChI=1S/C19H20N2O3/c1-20-15-10-6-5-9-13(15)16-14(19(23)24)11-21(18(22)17(16)20)12-7-3-2-4-8-12/h5-6,9-12H,2-4,7-8H2,1H3,(H,23,24)/p-1. The van der Waals surface area contributed by atoms with Crippen LogP contribution in [0.15, 0.2) is 35.3 Å². The second kappa shape index (κ2) is 5.51. The van der Waals surface area contributed by atoms with Gasteiger partial charge in [-0.15, -0.1) is 0 Å². The van der Waals surface area contributed by atoms with Gasteiger partial charge in [0.25, 0.3) is 5.56 Å². The number of benzene rings is 1. The van der Waals surface area contributed by atoms with Crippen molar-refractivity contribution in [3.8, 4) is 0 Å². The second-order valence-corrected chi connectivity index (χ2v) is 6.63. The third kappa shape index (κ3) is 2.08. The van der Waals surface area contributed by atoms with Crippen LogP contribution in [0.4, 0.5) is 0 Å². The number of carboxylic acids is 1. The minimum Gasteiger partial charge on any atom is -0.545 e. The Bertz CT molecular complexity index is 1010. The van der Waals surface area contributed by atoms with Crippen LogP contribution in [0.1, 0.15) is 48.5 Å². The molecule has 1 aliphatic rings. The molecule has 5 nitrogen and oxygen atoms in total. The van der Waals surface area contributed by atoms with Crippen molar-refractivity contribution < 1.29 is 9.90 Å². The zero-order valence-corrected chi connectivity index (χ0v) is 13.6. The van der Waals surface area contributed by atoms with Gasteiger partial charge >= 0.3 is 0 Å². The van der Waals surface area contributed by atoms with Gasteiger partial charge in [0.05, 0.1) is 5.97 Å². The molecule has 0 bridgehead atoms. The van der Waals surface area contributed by atoms with Gasteiger partial charge in [-0.25, -0.2) is 0 Å². The number of pyridine rings is 1. The summed E-state index contributed by atoms with van der Waals surface area (Å²) in [5.74, 6) is -1.24. The highest BCUT2D eigenvalue weighted by Crippen LogP contribution is 2.32. The molecule has 4 rings (SSSR count). The van der Waals surface area contributed by atoms with Crippen LogP contribution in [-0.2, 0) is 7.05 Å². The molecule has 0 saturated heterocycles. The number of nitrogens with zero attached hydrogens (tertiary/aromatic N) is 2. The third-order valence-corrected chi connectivity index (χ3v) is 5.27. The highest BCUT2D eigenvalue weighted by atomic mass is 16.4. The summed E-state index contributed by atoms with van der Waals surface area (Å²) in [4.78, 5) is 24.9. The molecular weight excluding hydrogens is 304 g/mol. The van der Waals surface area contributed by atoms with E-state index in [1.54, 1.807) is 9.13 Å². The molecule has 1 fully saturated rings. The minimum absolute atomic E-state index is 0.0757. The highest BCUT2D eigenvalue weighted by Gasteiger charge is 2.22. The number of aromatic nitrogens is 2. The maximum absolute atomic E-state index is 13.1. The molecule has 0 atom stereocenters. The lowest BCUT2D eigenvalue weighted by molar-refractivity contribution is -0.254. The molecule has 0 radical (unpaired) electrons. The normalized spacial score (nSPS) is 16.0. The van der Waals surface area contributed by atoms with Crippen molar-refractivity contribution in [3.63, 3.8) is 0 Å². The first-order valence-corrected chi connectivity index (χ1v) is 8.43. The number of para-hydroxylation sites is 1. The van der Waals surface area contributed by atoms with Crippen LogP contribution in [0.2, 0.25) is 0 Å². The number of fused-ring (bicyclic) bond motifs is 3. The zero-order chi connectivity index (χ0) is 16.8. The molecule has 0 unspecified atom stereocenters. The monoisotopic (exact) mass is 323 g/mol. The molecule has 1 aliphatic carbocycles. The summed E-state index contributed by atoms with van der Waals surface area (Å²) in [5, 5.41) is 13.0. The predicted octanol–water partition coefficient (Wildman–Crippen LogP) is 2.36. The minimum atomic E-state index is -1.24. The third-order valence-electron chi connectivity index (χ3n) is 5.27. The van der Waals surface area contributed by atoms with Gasteiger partial charge in [-0.2, -0.15) is 0 Å². The fourth-order valence-corrected chi connectivity index (χ4v) is 4.09. The summed E-state index contributed by atoms with van der Waals surface area (Å²) in [6.45, 7) is 0. The van der Waals surface area contributed by atoms with Gasteiger partial charge in [0.1, 0.15) is 5.52 Å². The predicted molar refractivity (Wildman–Crippen MR) is 91.1 cm³/mol. The van der Waals surface area contributed by atoms with E-state index in [0.717, 1.165) is 36.6 Å². The number of rotatable bonds is 2. The van der Waals surface area contributed by atoms with E-state index in [1.807, 2.05) is 31.3 Å². The van der Waals surface area contributed by atoms with E-state index in [0.29, 0.717) is 10.9 Å². The summed E-state index contributed by atoms with van der Waals surface area (Å²) in [7, 11) is 1.82. The lowest BCUT2D eigenvalue weighted by atomic mass is 9.95. The van der Waals surface area contributed by atoms with Gasteiger partial charge in [0, 0.05) is 41.1 Å². The molecule has 2 heterocycles. The van der Waals surface area contributed by atoms with Crippen molar-refractivity contribution in [2.45, 2.75) is 38.1 Å². The Balaban J connectivity index is 2.12. The summed E-state index contributed by atoms with van der Waals surface area (Å²) in [5.41, 5.74) is 1.30. The fourth-order valence-electron chi connectivity index (χ4n) is 4.09. The zero-order valence-electron chi connectivity index (χ0n) is 13.6. The first kappa shape index (κ1) is 15.0. The van der Waals surface area contributed by atoms with E-state index in [4.69, 9.17) is 0 Å². The second-order valence-electron chi connectivity index (χ2n) is 6.63. The quantitative estimate of drug-likeness (QED) is 0.727. The molecule has 0 aliphatic heterocycles. The summed E-state index contributed by atoms with van der Waals surface area (Å²) < 4.78 is 3.43. The lowest BCUT2D eigenvalue weighted by Crippen LogP contribution is -2.31. The number of carboxylic acid groups (broad SMARTS) is 1. The molecular formula is C19H19N2O3-. The van der Waals surface area contributed by atoms with Crippen molar-refractivity contribution in [2.75, 3.05) is 0 Å². The van der Waals surface area contributed by atoms with Gasteiger partial charge in [-0.1, -0.05) is 37.5 Å². The van der Waals surface area contributed by atoms with E-state index in [2.05, 4.69) is 0 Å². The van der Waals surface area contributed by atoms with Crippen LogP contribution in [-0.4, -0.2) is 15.1 Å². The highest BCUT2D eigenvalue weighted by molar-refractivity contribution is 6.15. The number of carbonyl (C=O) groups is 1. The Morgan fingerprint density at radius 1 is 1.17 bits per heavy atom. The van der Waals surface area contributed by atoms with Gasteiger partial charge in [-0.05, 0) is 18.9 Å². The van der Waals surface area contributed by atoms with E-state index in [1.165, 1.54) is 12.6 Å². The van der Waals surface area contributed by atoms with E-state index in [-0.39, 0.29) is 17.2 Å². The smallest absolute Gasteiger partial charge is 0.275 e. The molecule has 1 saturated carbocycles. The first-order valence-electron chi connectivity index (χ1n) is 8.43. The molecule has 2 aromatic heterocycles. The molecule has 1 aromatic carbocycles. The largest absolute Gasteiger partial charge is 0.545 e. The Labute approximate surface area is 139 Å². The summed E-state index contributed by atoms with van der Waals surface area (Å²) in [6.07, 6.45) is 6.66. The molecule has 0 amide bonds. The lowest BCUT2D eigenvalue weighted by Gasteiger charge is -2.25. The van der Waals surface area contributed by atoms with Gasteiger partial charge < -0.3 is 19.0 Å². The molecule has 124 valence electrons. The van der Waals surface area contributed by atoms with Crippen LogP contribution in [0, 0.1) is 0 Å². The molecule has 0 spiro atoms. The Hall–Kier alpha value is -2.56.